The zero-order valence-corrected chi connectivity index (χ0v) is 10.8. The van der Waals surface area contributed by atoms with Crippen LogP contribution in [0.15, 0.2) is 34.9 Å². The van der Waals surface area contributed by atoms with Crippen LogP contribution in [0.25, 0.3) is 0 Å². The largest absolute Gasteiger partial charge is 0.469 e. The smallest absolute Gasteiger partial charge is 0.258 e. The second-order valence-corrected chi connectivity index (χ2v) is 4.80. The average Bonchev–Trinajstić information content (AvgIpc) is 2.85. The predicted octanol–water partition coefficient (Wildman–Crippen LogP) is 3.20. The highest BCUT2D eigenvalue weighted by molar-refractivity contribution is 6.04. The van der Waals surface area contributed by atoms with Gasteiger partial charge in [0.1, 0.15) is 12.0 Å². The molecule has 1 aromatic heterocycles. The maximum absolute atomic E-state index is 12.0. The molecule has 4 nitrogen and oxygen atoms in total. The summed E-state index contributed by atoms with van der Waals surface area (Å²) in [4.78, 5) is 12.0. The number of rotatable bonds is 2. The Hall–Kier alpha value is -2.23. The molecule has 0 saturated heterocycles. The average molecular weight is 256 g/mol. The third kappa shape index (κ3) is 2.47. The van der Waals surface area contributed by atoms with Gasteiger partial charge in [-0.1, -0.05) is 6.07 Å². The van der Waals surface area contributed by atoms with E-state index in [4.69, 9.17) is 4.42 Å². The summed E-state index contributed by atoms with van der Waals surface area (Å²) in [6.07, 6.45) is 3.73. The van der Waals surface area contributed by atoms with Crippen molar-refractivity contribution in [2.75, 3.05) is 17.2 Å². The van der Waals surface area contributed by atoms with E-state index in [1.165, 1.54) is 11.8 Å². The molecule has 2 aromatic rings. The zero-order chi connectivity index (χ0) is 13.2. The van der Waals surface area contributed by atoms with Crippen LogP contribution in [0, 0.1) is 6.92 Å². The fraction of sp³-hybridized carbons (Fsp3) is 0.267. The van der Waals surface area contributed by atoms with E-state index in [1.807, 2.05) is 19.1 Å². The molecule has 1 amide bonds. The quantitative estimate of drug-likeness (QED) is 0.867. The van der Waals surface area contributed by atoms with E-state index in [0.29, 0.717) is 5.56 Å². The molecule has 0 atom stereocenters. The maximum Gasteiger partial charge on any atom is 0.258 e. The number of hydrogen-bond donors (Lipinski definition) is 2. The Kier molecular flexibility index (Phi) is 2.99. The van der Waals surface area contributed by atoms with Crippen LogP contribution in [0.1, 0.15) is 28.1 Å². The third-order valence-corrected chi connectivity index (χ3v) is 3.30. The molecule has 0 spiro atoms. The lowest BCUT2D eigenvalue weighted by atomic mass is 10.0. The van der Waals surface area contributed by atoms with Gasteiger partial charge in [0, 0.05) is 17.9 Å². The van der Waals surface area contributed by atoms with Crippen LogP contribution in [-0.2, 0) is 6.42 Å². The van der Waals surface area contributed by atoms with Crippen molar-refractivity contribution in [1.82, 2.24) is 0 Å². The first-order valence-electron chi connectivity index (χ1n) is 6.46. The number of aryl methyl sites for hydroxylation is 2. The van der Waals surface area contributed by atoms with Gasteiger partial charge in [-0.05, 0) is 43.5 Å². The molecule has 2 heterocycles. The van der Waals surface area contributed by atoms with Gasteiger partial charge in [0.05, 0.1) is 5.56 Å². The van der Waals surface area contributed by atoms with Crippen molar-refractivity contribution in [1.29, 1.82) is 0 Å². The Bertz CT molecular complexity index is 616. The summed E-state index contributed by atoms with van der Waals surface area (Å²) >= 11 is 0. The summed E-state index contributed by atoms with van der Waals surface area (Å²) < 4.78 is 5.14. The first-order chi connectivity index (χ1) is 9.22. The van der Waals surface area contributed by atoms with Crippen molar-refractivity contribution in [3.8, 4) is 0 Å². The van der Waals surface area contributed by atoms with Crippen LogP contribution in [0.2, 0.25) is 0 Å². The Morgan fingerprint density at radius 3 is 3.05 bits per heavy atom. The summed E-state index contributed by atoms with van der Waals surface area (Å²) in [5.41, 5.74) is 3.77. The number of nitrogens with one attached hydrogen (secondary N) is 2. The number of furan rings is 1. The van der Waals surface area contributed by atoms with E-state index in [1.54, 1.807) is 6.07 Å². The summed E-state index contributed by atoms with van der Waals surface area (Å²) in [7, 11) is 0. The third-order valence-electron chi connectivity index (χ3n) is 3.30. The molecule has 1 aliphatic heterocycles. The number of benzene rings is 1. The topological polar surface area (TPSA) is 54.3 Å². The molecule has 4 heteroatoms. The number of fused-ring (bicyclic) bond motifs is 1. The monoisotopic (exact) mass is 256 g/mol. The van der Waals surface area contributed by atoms with Gasteiger partial charge in [-0.3, -0.25) is 4.79 Å². The molecule has 2 N–H and O–H groups in total. The van der Waals surface area contributed by atoms with Crippen LogP contribution in [-0.4, -0.2) is 12.5 Å². The van der Waals surface area contributed by atoms with Gasteiger partial charge >= 0.3 is 0 Å². The molecule has 0 unspecified atom stereocenters. The molecule has 0 saturated carbocycles. The molecule has 0 radical (unpaired) electrons. The van der Waals surface area contributed by atoms with Gasteiger partial charge in [0.2, 0.25) is 0 Å². The van der Waals surface area contributed by atoms with E-state index in [0.717, 1.165) is 36.5 Å². The van der Waals surface area contributed by atoms with E-state index in [9.17, 15) is 4.79 Å². The highest BCUT2D eigenvalue weighted by Gasteiger charge is 2.12. The lowest BCUT2D eigenvalue weighted by Crippen LogP contribution is -2.14. The minimum Gasteiger partial charge on any atom is -0.469 e. The number of carbonyl (C=O) groups is 1. The Balaban J connectivity index is 1.78. The van der Waals surface area contributed by atoms with Crippen LogP contribution in [0.4, 0.5) is 11.4 Å². The lowest BCUT2D eigenvalue weighted by molar-refractivity contribution is 0.102. The molecule has 0 aliphatic carbocycles. The molecule has 1 aliphatic rings. The van der Waals surface area contributed by atoms with Crippen molar-refractivity contribution < 1.29 is 9.21 Å². The van der Waals surface area contributed by atoms with Gasteiger partial charge < -0.3 is 15.1 Å². The molecule has 0 fully saturated rings. The Morgan fingerprint density at radius 2 is 2.26 bits per heavy atom. The second kappa shape index (κ2) is 4.80. The summed E-state index contributed by atoms with van der Waals surface area (Å²) in [5.74, 6) is 0.588. The SMILES string of the molecule is Cc1cc(C(=O)Nc2ccc3c(c2)NCCC3)co1. The van der Waals surface area contributed by atoms with Gasteiger partial charge in [0.25, 0.3) is 5.91 Å². The fourth-order valence-electron chi connectivity index (χ4n) is 2.30. The van der Waals surface area contributed by atoms with Gasteiger partial charge in [-0.15, -0.1) is 0 Å². The van der Waals surface area contributed by atoms with E-state index < -0.39 is 0 Å². The van der Waals surface area contributed by atoms with E-state index in [2.05, 4.69) is 16.7 Å². The molecular formula is C15H16N2O2. The van der Waals surface area contributed by atoms with Crippen molar-refractivity contribution in [2.45, 2.75) is 19.8 Å². The van der Waals surface area contributed by atoms with Gasteiger partial charge in [-0.2, -0.15) is 0 Å². The molecule has 98 valence electrons. The summed E-state index contributed by atoms with van der Waals surface area (Å²) in [6, 6.07) is 7.72. The predicted molar refractivity (Wildman–Crippen MR) is 74.7 cm³/mol. The Morgan fingerprint density at radius 1 is 1.37 bits per heavy atom. The first kappa shape index (κ1) is 11.8. The molecule has 0 bridgehead atoms. The summed E-state index contributed by atoms with van der Waals surface area (Å²) in [5, 5.41) is 6.23. The normalized spacial score (nSPS) is 13.5. The minimum atomic E-state index is -0.146. The number of amides is 1. The number of carbonyl (C=O) groups excluding carboxylic acids is 1. The first-order valence-corrected chi connectivity index (χ1v) is 6.46. The molecule has 3 rings (SSSR count). The zero-order valence-electron chi connectivity index (χ0n) is 10.8. The van der Waals surface area contributed by atoms with Crippen molar-refractivity contribution in [3.05, 3.63) is 47.4 Å². The standard InChI is InChI=1S/C15H16N2O2/c1-10-7-12(9-19-10)15(18)17-13-5-4-11-3-2-6-16-14(11)8-13/h4-5,7-9,16H,2-3,6H2,1H3,(H,17,18). The molecule has 19 heavy (non-hydrogen) atoms. The fourth-order valence-corrected chi connectivity index (χ4v) is 2.30. The van der Waals surface area contributed by atoms with E-state index in [-0.39, 0.29) is 5.91 Å². The molecular weight excluding hydrogens is 240 g/mol. The van der Waals surface area contributed by atoms with Gasteiger partial charge in [0.15, 0.2) is 0 Å². The van der Waals surface area contributed by atoms with Crippen LogP contribution in [0.5, 0.6) is 0 Å². The molecule has 1 aromatic carbocycles. The van der Waals surface area contributed by atoms with Crippen molar-refractivity contribution in [3.63, 3.8) is 0 Å². The van der Waals surface area contributed by atoms with Crippen LogP contribution >= 0.6 is 0 Å². The van der Waals surface area contributed by atoms with Crippen molar-refractivity contribution >= 4 is 17.3 Å². The van der Waals surface area contributed by atoms with Crippen LogP contribution in [0.3, 0.4) is 0 Å². The lowest BCUT2D eigenvalue weighted by Gasteiger charge is -2.18. The summed E-state index contributed by atoms with van der Waals surface area (Å²) in [6.45, 7) is 2.81. The number of hydrogen-bond acceptors (Lipinski definition) is 3. The number of anilines is 2. The van der Waals surface area contributed by atoms with Crippen molar-refractivity contribution in [2.24, 2.45) is 0 Å². The van der Waals surface area contributed by atoms with E-state index >= 15 is 0 Å². The van der Waals surface area contributed by atoms with Gasteiger partial charge in [-0.25, -0.2) is 0 Å². The van der Waals surface area contributed by atoms with Crippen LogP contribution < -0.4 is 10.6 Å². The maximum atomic E-state index is 12.0. The highest BCUT2D eigenvalue weighted by atomic mass is 16.3. The Labute approximate surface area is 111 Å². The minimum absolute atomic E-state index is 0.146. The second-order valence-electron chi connectivity index (χ2n) is 4.80. The highest BCUT2D eigenvalue weighted by Crippen LogP contribution is 2.25.